The van der Waals surface area contributed by atoms with Gasteiger partial charge in [0, 0.05) is 11.6 Å². The van der Waals surface area contributed by atoms with Gasteiger partial charge in [-0.15, -0.1) is 0 Å². The number of nitrogens with zero attached hydrogens (tertiary/aromatic N) is 2. The van der Waals surface area contributed by atoms with Crippen molar-refractivity contribution >= 4 is 28.1 Å². The first-order valence-corrected chi connectivity index (χ1v) is 9.71. The van der Waals surface area contributed by atoms with Crippen LogP contribution in [0, 0.1) is 15.9 Å². The highest BCUT2D eigenvalue weighted by molar-refractivity contribution is 7.19. The van der Waals surface area contributed by atoms with Crippen molar-refractivity contribution in [3.8, 4) is 21.7 Å². The van der Waals surface area contributed by atoms with Gasteiger partial charge in [0.15, 0.2) is 5.13 Å². The van der Waals surface area contributed by atoms with Gasteiger partial charge in [-0.1, -0.05) is 53.8 Å². The summed E-state index contributed by atoms with van der Waals surface area (Å²) in [6.45, 7) is 0. The molecule has 4 aromatic rings. The first-order valence-electron chi connectivity index (χ1n) is 8.90. The van der Waals surface area contributed by atoms with Crippen LogP contribution in [0.1, 0.15) is 10.4 Å². The number of para-hydroxylation sites is 1. The normalized spacial score (nSPS) is 10.6. The Morgan fingerprint density at radius 3 is 2.30 bits per heavy atom. The number of nitro benzene ring substituents is 1. The van der Waals surface area contributed by atoms with Crippen molar-refractivity contribution in [2.45, 2.75) is 0 Å². The summed E-state index contributed by atoms with van der Waals surface area (Å²) in [5, 5.41) is 14.2. The molecule has 1 heterocycles. The van der Waals surface area contributed by atoms with Crippen LogP contribution in [0.4, 0.5) is 15.2 Å². The second-order valence-electron chi connectivity index (χ2n) is 6.30. The third-order valence-corrected chi connectivity index (χ3v) is 5.37. The number of thiazole rings is 1. The lowest BCUT2D eigenvalue weighted by molar-refractivity contribution is -0.385. The second-order valence-corrected chi connectivity index (χ2v) is 7.30. The van der Waals surface area contributed by atoms with E-state index in [1.165, 1.54) is 41.7 Å². The van der Waals surface area contributed by atoms with E-state index in [4.69, 9.17) is 0 Å². The number of carbonyl (C=O) groups excluding carboxylic acids is 1. The van der Waals surface area contributed by atoms with Gasteiger partial charge in [0.25, 0.3) is 11.6 Å². The fourth-order valence-electron chi connectivity index (χ4n) is 2.95. The number of hydrogen-bond donors (Lipinski definition) is 1. The summed E-state index contributed by atoms with van der Waals surface area (Å²) in [4.78, 5) is 28.6. The molecule has 0 saturated heterocycles. The van der Waals surface area contributed by atoms with Crippen LogP contribution in [0.5, 0.6) is 0 Å². The maximum absolute atomic E-state index is 13.4. The van der Waals surface area contributed by atoms with E-state index < -0.39 is 10.8 Å². The number of nitrogens with one attached hydrogen (secondary N) is 1. The lowest BCUT2D eigenvalue weighted by Gasteiger charge is -2.02. The Hall–Kier alpha value is -3.91. The van der Waals surface area contributed by atoms with Crippen molar-refractivity contribution in [1.29, 1.82) is 0 Å². The zero-order valence-corrected chi connectivity index (χ0v) is 16.2. The molecule has 148 valence electrons. The average Bonchev–Trinajstić information content (AvgIpc) is 3.18. The molecule has 1 aromatic heterocycles. The van der Waals surface area contributed by atoms with Gasteiger partial charge in [-0.2, -0.15) is 0 Å². The first-order chi connectivity index (χ1) is 14.5. The van der Waals surface area contributed by atoms with Crippen molar-refractivity contribution < 1.29 is 14.1 Å². The number of rotatable bonds is 5. The maximum atomic E-state index is 13.4. The van der Waals surface area contributed by atoms with Crippen LogP contribution in [0.25, 0.3) is 21.7 Å². The predicted octanol–water partition coefficient (Wildman–Crippen LogP) is 5.78. The van der Waals surface area contributed by atoms with Gasteiger partial charge in [-0.25, -0.2) is 9.37 Å². The summed E-state index contributed by atoms with van der Waals surface area (Å²) < 4.78 is 13.4. The van der Waals surface area contributed by atoms with Crippen molar-refractivity contribution in [3.05, 3.63) is 100 Å². The van der Waals surface area contributed by atoms with E-state index >= 15 is 0 Å². The number of carbonyl (C=O) groups is 1. The Bertz CT molecular complexity index is 1220. The molecule has 0 unspecified atom stereocenters. The Kier molecular flexibility index (Phi) is 5.32. The van der Waals surface area contributed by atoms with Gasteiger partial charge in [-0.05, 0) is 35.9 Å². The molecule has 1 amide bonds. The van der Waals surface area contributed by atoms with E-state index in [2.05, 4.69) is 10.3 Å². The molecule has 0 radical (unpaired) electrons. The number of aromatic nitrogens is 1. The highest BCUT2D eigenvalue weighted by atomic mass is 32.1. The fourth-order valence-corrected chi connectivity index (χ4v) is 3.94. The van der Waals surface area contributed by atoms with Crippen LogP contribution in [0.3, 0.4) is 0 Å². The van der Waals surface area contributed by atoms with Gasteiger partial charge >= 0.3 is 0 Å². The molecule has 0 aliphatic carbocycles. The summed E-state index contributed by atoms with van der Waals surface area (Å²) in [6, 6.07) is 21.1. The van der Waals surface area contributed by atoms with Gasteiger partial charge in [0.2, 0.25) is 0 Å². The maximum Gasteiger partial charge on any atom is 0.282 e. The third kappa shape index (κ3) is 3.94. The van der Waals surface area contributed by atoms with Crippen molar-refractivity contribution in [2.75, 3.05) is 5.32 Å². The topological polar surface area (TPSA) is 85.1 Å². The minimum Gasteiger partial charge on any atom is -0.298 e. The number of hydrogen-bond acceptors (Lipinski definition) is 5. The largest absolute Gasteiger partial charge is 0.298 e. The Morgan fingerprint density at radius 1 is 0.933 bits per heavy atom. The monoisotopic (exact) mass is 419 g/mol. The summed E-state index contributed by atoms with van der Waals surface area (Å²) in [7, 11) is 0. The average molecular weight is 419 g/mol. The Balaban J connectivity index is 1.74. The van der Waals surface area contributed by atoms with Crippen LogP contribution in [0.2, 0.25) is 0 Å². The number of benzene rings is 3. The van der Waals surface area contributed by atoms with Crippen LogP contribution >= 0.6 is 11.3 Å². The summed E-state index contributed by atoms with van der Waals surface area (Å²) >= 11 is 1.24. The highest BCUT2D eigenvalue weighted by Crippen LogP contribution is 2.39. The number of halogens is 1. The van der Waals surface area contributed by atoms with E-state index in [0.717, 1.165) is 10.4 Å². The molecular weight excluding hydrogens is 405 g/mol. The van der Waals surface area contributed by atoms with E-state index in [9.17, 15) is 19.3 Å². The van der Waals surface area contributed by atoms with Crippen LogP contribution in [0.15, 0.2) is 78.9 Å². The molecule has 3 aromatic carbocycles. The fraction of sp³-hybridized carbons (Fsp3) is 0. The van der Waals surface area contributed by atoms with E-state index in [1.807, 2.05) is 30.3 Å². The predicted molar refractivity (Wildman–Crippen MR) is 114 cm³/mol. The van der Waals surface area contributed by atoms with E-state index in [1.54, 1.807) is 18.2 Å². The summed E-state index contributed by atoms with van der Waals surface area (Å²) in [5.41, 5.74) is 1.83. The van der Waals surface area contributed by atoms with Gasteiger partial charge in [-0.3, -0.25) is 20.2 Å². The molecule has 0 bridgehead atoms. The number of nitro groups is 1. The highest BCUT2D eigenvalue weighted by Gasteiger charge is 2.22. The van der Waals surface area contributed by atoms with E-state index in [-0.39, 0.29) is 22.2 Å². The smallest absolute Gasteiger partial charge is 0.282 e. The molecule has 6 nitrogen and oxygen atoms in total. The van der Waals surface area contributed by atoms with Crippen LogP contribution in [-0.4, -0.2) is 15.8 Å². The summed E-state index contributed by atoms with van der Waals surface area (Å²) in [5.74, 6) is -0.985. The molecule has 0 spiro atoms. The van der Waals surface area contributed by atoms with Gasteiger partial charge in [0.1, 0.15) is 11.4 Å². The van der Waals surface area contributed by atoms with Crippen molar-refractivity contribution in [1.82, 2.24) is 4.98 Å². The zero-order chi connectivity index (χ0) is 21.1. The summed E-state index contributed by atoms with van der Waals surface area (Å²) in [6.07, 6.45) is 0. The van der Waals surface area contributed by atoms with Crippen LogP contribution in [-0.2, 0) is 0 Å². The van der Waals surface area contributed by atoms with E-state index in [0.29, 0.717) is 11.3 Å². The molecule has 30 heavy (non-hydrogen) atoms. The lowest BCUT2D eigenvalue weighted by atomic mass is 10.1. The Morgan fingerprint density at radius 2 is 1.60 bits per heavy atom. The molecule has 0 aliphatic heterocycles. The molecule has 0 saturated carbocycles. The third-order valence-electron chi connectivity index (χ3n) is 4.35. The number of amides is 1. The SMILES string of the molecule is O=C(Nc1nc(-c2ccc(F)cc2)c(-c2ccccc2)s1)c1ccccc1[N+](=O)[O-]. The molecular formula is C22H14FN3O3S. The molecule has 0 fully saturated rings. The van der Waals surface area contributed by atoms with Gasteiger partial charge in [0.05, 0.1) is 15.5 Å². The zero-order valence-electron chi connectivity index (χ0n) is 15.4. The minimum absolute atomic E-state index is 0.0534. The molecule has 0 atom stereocenters. The minimum atomic E-state index is -0.624. The standard InChI is InChI=1S/C22H14FN3O3S/c23-16-12-10-14(11-13-16)19-20(15-6-2-1-3-7-15)30-22(24-19)25-21(27)17-8-4-5-9-18(17)26(28)29/h1-13H,(H,24,25,27). The Labute approximate surface area is 174 Å². The lowest BCUT2D eigenvalue weighted by Crippen LogP contribution is -2.13. The quantitative estimate of drug-likeness (QED) is 0.328. The van der Waals surface area contributed by atoms with Gasteiger partial charge < -0.3 is 0 Å². The molecule has 0 aliphatic rings. The molecule has 8 heteroatoms. The van der Waals surface area contributed by atoms with Crippen molar-refractivity contribution in [3.63, 3.8) is 0 Å². The van der Waals surface area contributed by atoms with Crippen LogP contribution < -0.4 is 5.32 Å². The second kappa shape index (κ2) is 8.22. The molecule has 4 rings (SSSR count). The number of anilines is 1. The first kappa shape index (κ1) is 19.4. The molecule has 1 N–H and O–H groups in total. The van der Waals surface area contributed by atoms with Crippen molar-refractivity contribution in [2.24, 2.45) is 0 Å².